The standard InChI is InChI=1S/C19H18N2O3/c1-20(2)19(23)21-16-10-5-4-7-13(16)12-17(21)18(22)14-8-6-9-15(11-14)24-3/h4-12H,1-3H3. The van der Waals surface area contributed by atoms with Crippen molar-refractivity contribution < 1.29 is 14.3 Å². The Morgan fingerprint density at radius 2 is 1.75 bits per heavy atom. The third kappa shape index (κ3) is 2.65. The van der Waals surface area contributed by atoms with Crippen LogP contribution in [0.5, 0.6) is 5.75 Å². The predicted octanol–water partition coefficient (Wildman–Crippen LogP) is 3.41. The zero-order valence-electron chi connectivity index (χ0n) is 13.8. The molecular formula is C19H18N2O3. The van der Waals surface area contributed by atoms with Gasteiger partial charge in [-0.05, 0) is 24.3 Å². The second-order valence-corrected chi connectivity index (χ2v) is 5.66. The molecule has 0 bridgehead atoms. The minimum atomic E-state index is -0.262. The van der Waals surface area contributed by atoms with E-state index in [1.165, 1.54) is 9.47 Å². The molecule has 0 fully saturated rings. The fraction of sp³-hybridized carbons (Fsp3) is 0.158. The van der Waals surface area contributed by atoms with Gasteiger partial charge in [-0.3, -0.25) is 9.36 Å². The van der Waals surface area contributed by atoms with Gasteiger partial charge in [0.05, 0.1) is 18.3 Å². The fourth-order valence-corrected chi connectivity index (χ4v) is 2.64. The van der Waals surface area contributed by atoms with Crippen LogP contribution in [0.1, 0.15) is 16.1 Å². The van der Waals surface area contributed by atoms with E-state index in [2.05, 4.69) is 0 Å². The summed E-state index contributed by atoms with van der Waals surface area (Å²) in [5, 5.41) is 0.846. The third-order valence-corrected chi connectivity index (χ3v) is 3.85. The van der Waals surface area contributed by atoms with Crippen LogP contribution in [0, 0.1) is 0 Å². The summed E-state index contributed by atoms with van der Waals surface area (Å²) in [7, 11) is 4.88. The molecule has 24 heavy (non-hydrogen) atoms. The molecule has 1 aromatic heterocycles. The molecule has 1 heterocycles. The van der Waals surface area contributed by atoms with Gasteiger partial charge in [-0.1, -0.05) is 30.3 Å². The van der Waals surface area contributed by atoms with Crippen molar-refractivity contribution in [3.05, 3.63) is 65.9 Å². The van der Waals surface area contributed by atoms with E-state index in [9.17, 15) is 9.59 Å². The van der Waals surface area contributed by atoms with Crippen LogP contribution < -0.4 is 4.74 Å². The lowest BCUT2D eigenvalue weighted by molar-refractivity contribution is 0.103. The highest BCUT2D eigenvalue weighted by molar-refractivity contribution is 6.13. The Labute approximate surface area is 140 Å². The summed E-state index contributed by atoms with van der Waals surface area (Å²) in [6.45, 7) is 0. The summed E-state index contributed by atoms with van der Waals surface area (Å²) in [6.07, 6.45) is 0. The zero-order chi connectivity index (χ0) is 17.3. The molecule has 0 atom stereocenters. The van der Waals surface area contributed by atoms with Crippen LogP contribution in [-0.4, -0.2) is 42.5 Å². The van der Waals surface area contributed by atoms with E-state index in [1.807, 2.05) is 24.3 Å². The number of aromatic nitrogens is 1. The number of hydrogen-bond donors (Lipinski definition) is 0. The molecule has 0 aliphatic carbocycles. The highest BCUT2D eigenvalue weighted by atomic mass is 16.5. The minimum Gasteiger partial charge on any atom is -0.497 e. The fourth-order valence-electron chi connectivity index (χ4n) is 2.64. The Balaban J connectivity index is 2.19. The predicted molar refractivity (Wildman–Crippen MR) is 92.8 cm³/mol. The average molecular weight is 322 g/mol. The topological polar surface area (TPSA) is 51.5 Å². The van der Waals surface area contributed by atoms with Gasteiger partial charge in [0.15, 0.2) is 0 Å². The van der Waals surface area contributed by atoms with Gasteiger partial charge < -0.3 is 9.64 Å². The number of amides is 1. The molecule has 2 aromatic carbocycles. The molecule has 0 N–H and O–H groups in total. The molecule has 5 nitrogen and oxygen atoms in total. The maximum Gasteiger partial charge on any atom is 0.328 e. The number of benzene rings is 2. The highest BCUT2D eigenvalue weighted by Crippen LogP contribution is 2.24. The molecule has 0 aliphatic rings. The molecule has 0 spiro atoms. The van der Waals surface area contributed by atoms with Crippen LogP contribution in [0.2, 0.25) is 0 Å². The molecule has 0 radical (unpaired) electrons. The first-order valence-corrected chi connectivity index (χ1v) is 7.54. The van der Waals surface area contributed by atoms with Gasteiger partial charge in [-0.15, -0.1) is 0 Å². The summed E-state index contributed by atoms with van der Waals surface area (Å²) in [6, 6.07) is 15.9. The van der Waals surface area contributed by atoms with E-state index < -0.39 is 0 Å². The lowest BCUT2D eigenvalue weighted by Crippen LogP contribution is -2.29. The number of nitrogens with zero attached hydrogens (tertiary/aromatic N) is 2. The van der Waals surface area contributed by atoms with Crippen molar-refractivity contribution in [3.8, 4) is 5.75 Å². The molecule has 1 amide bonds. The first-order valence-electron chi connectivity index (χ1n) is 7.54. The Morgan fingerprint density at radius 1 is 1.00 bits per heavy atom. The second kappa shape index (κ2) is 6.20. The number of ketones is 1. The molecule has 0 unspecified atom stereocenters. The smallest absolute Gasteiger partial charge is 0.328 e. The van der Waals surface area contributed by atoms with Crippen molar-refractivity contribution >= 4 is 22.7 Å². The van der Waals surface area contributed by atoms with Crippen LogP contribution in [0.4, 0.5) is 4.79 Å². The first kappa shape index (κ1) is 15.8. The number of fused-ring (bicyclic) bond motifs is 1. The SMILES string of the molecule is COc1cccc(C(=O)c2cc3ccccc3n2C(=O)N(C)C)c1. The Hall–Kier alpha value is -3.08. The summed E-state index contributed by atoms with van der Waals surface area (Å²) >= 11 is 0. The number of carbonyl (C=O) groups is 2. The van der Waals surface area contributed by atoms with Gasteiger partial charge in [0.2, 0.25) is 5.78 Å². The maximum atomic E-state index is 13.0. The summed E-state index contributed by atoms with van der Waals surface area (Å²) in [5.74, 6) is 0.378. The van der Waals surface area contributed by atoms with Gasteiger partial charge >= 0.3 is 6.03 Å². The maximum absolute atomic E-state index is 13.0. The quantitative estimate of drug-likeness (QED) is 0.694. The van der Waals surface area contributed by atoms with E-state index in [-0.39, 0.29) is 11.8 Å². The number of hydrogen-bond acceptors (Lipinski definition) is 3. The van der Waals surface area contributed by atoms with Gasteiger partial charge in [0.1, 0.15) is 5.75 Å². The molecule has 0 saturated carbocycles. The van der Waals surface area contributed by atoms with Gasteiger partial charge in [-0.25, -0.2) is 4.79 Å². The summed E-state index contributed by atoms with van der Waals surface area (Å²) in [5.41, 5.74) is 1.52. The van der Waals surface area contributed by atoms with Gasteiger partial charge in [-0.2, -0.15) is 0 Å². The molecule has 0 aliphatic heterocycles. The normalized spacial score (nSPS) is 10.6. The van der Waals surface area contributed by atoms with Crippen LogP contribution in [0.3, 0.4) is 0 Å². The lowest BCUT2D eigenvalue weighted by atomic mass is 10.1. The Morgan fingerprint density at radius 3 is 2.46 bits per heavy atom. The number of methoxy groups -OCH3 is 1. The van der Waals surface area contributed by atoms with E-state index >= 15 is 0 Å². The molecule has 0 saturated heterocycles. The Bertz CT molecular complexity index is 925. The summed E-state index contributed by atoms with van der Waals surface area (Å²) < 4.78 is 6.64. The first-order chi connectivity index (χ1) is 11.5. The van der Waals surface area contributed by atoms with Crippen molar-refractivity contribution in [2.75, 3.05) is 21.2 Å². The zero-order valence-corrected chi connectivity index (χ0v) is 13.8. The van der Waals surface area contributed by atoms with E-state index in [4.69, 9.17) is 4.74 Å². The minimum absolute atomic E-state index is 0.222. The van der Waals surface area contributed by atoms with Crippen LogP contribution >= 0.6 is 0 Å². The molecule has 5 heteroatoms. The lowest BCUT2D eigenvalue weighted by Gasteiger charge is -2.14. The van der Waals surface area contributed by atoms with Crippen molar-refractivity contribution in [2.45, 2.75) is 0 Å². The number of ether oxygens (including phenoxy) is 1. The van der Waals surface area contributed by atoms with Crippen LogP contribution in [0.15, 0.2) is 54.6 Å². The van der Waals surface area contributed by atoms with Crippen molar-refractivity contribution in [3.63, 3.8) is 0 Å². The van der Waals surface area contributed by atoms with Gasteiger partial charge in [0, 0.05) is 25.0 Å². The Kier molecular flexibility index (Phi) is 4.08. The third-order valence-electron chi connectivity index (χ3n) is 3.85. The second-order valence-electron chi connectivity index (χ2n) is 5.66. The van der Waals surface area contributed by atoms with Crippen molar-refractivity contribution in [1.29, 1.82) is 0 Å². The molecule has 122 valence electrons. The molecule has 3 aromatic rings. The average Bonchev–Trinajstić information content (AvgIpc) is 2.99. The van der Waals surface area contributed by atoms with E-state index in [0.29, 0.717) is 22.5 Å². The molecule has 3 rings (SSSR count). The van der Waals surface area contributed by atoms with Gasteiger partial charge in [0.25, 0.3) is 0 Å². The van der Waals surface area contributed by atoms with E-state index in [0.717, 1.165) is 5.39 Å². The molecular weight excluding hydrogens is 304 g/mol. The largest absolute Gasteiger partial charge is 0.497 e. The monoisotopic (exact) mass is 322 g/mol. The highest BCUT2D eigenvalue weighted by Gasteiger charge is 2.22. The number of rotatable bonds is 3. The summed E-state index contributed by atoms with van der Waals surface area (Å²) in [4.78, 5) is 27.0. The number of carbonyl (C=O) groups excluding carboxylic acids is 2. The van der Waals surface area contributed by atoms with Crippen LogP contribution in [-0.2, 0) is 0 Å². The van der Waals surface area contributed by atoms with Crippen molar-refractivity contribution in [1.82, 2.24) is 9.47 Å². The van der Waals surface area contributed by atoms with Crippen LogP contribution in [0.25, 0.3) is 10.9 Å². The van der Waals surface area contributed by atoms with Crippen molar-refractivity contribution in [2.24, 2.45) is 0 Å². The number of para-hydroxylation sites is 1. The van der Waals surface area contributed by atoms with E-state index in [1.54, 1.807) is 51.5 Å².